The minimum atomic E-state index is -3.99. The zero-order chi connectivity index (χ0) is 33.4. The predicted octanol–water partition coefficient (Wildman–Crippen LogP) is 7.60. The molecule has 0 saturated carbocycles. The zero-order valence-corrected chi connectivity index (χ0v) is 29.4. The van der Waals surface area contributed by atoms with Crippen LogP contribution in [0.2, 0.25) is 10.0 Å². The van der Waals surface area contributed by atoms with Crippen molar-refractivity contribution in [3.05, 3.63) is 99.3 Å². The maximum Gasteiger partial charge on any atom is 0.241 e. The first kappa shape index (κ1) is 34.7. The lowest BCUT2D eigenvalue weighted by molar-refractivity contribution is -0.895. The maximum atomic E-state index is 15.5. The van der Waals surface area contributed by atoms with Crippen molar-refractivity contribution in [1.29, 1.82) is 0 Å². The van der Waals surface area contributed by atoms with E-state index in [4.69, 9.17) is 27.9 Å². The molecule has 5 rings (SSSR count). The van der Waals surface area contributed by atoms with Gasteiger partial charge in [-0.3, -0.25) is 4.57 Å². The van der Waals surface area contributed by atoms with E-state index in [2.05, 4.69) is 23.8 Å². The normalized spacial score (nSPS) is 16.8. The lowest BCUT2D eigenvalue weighted by Gasteiger charge is -2.38. The van der Waals surface area contributed by atoms with Crippen LogP contribution in [0, 0.1) is 11.6 Å². The average molecular weight is 711 g/mol. The fourth-order valence-corrected chi connectivity index (χ4v) is 8.79. The summed E-state index contributed by atoms with van der Waals surface area (Å²) < 4.78 is 66.7. The highest BCUT2D eigenvalue weighted by molar-refractivity contribution is 7.98. The summed E-state index contributed by atoms with van der Waals surface area (Å²) in [6.45, 7) is 5.67. The number of nitrogens with zero attached hydrogens (tertiary/aromatic N) is 3. The molecule has 3 aromatic carbocycles. The van der Waals surface area contributed by atoms with Gasteiger partial charge in [0.25, 0.3) is 0 Å². The summed E-state index contributed by atoms with van der Waals surface area (Å²) in [6.07, 6.45) is 3.35. The fraction of sp³-hybridized carbons (Fsp3) is 0.364. The van der Waals surface area contributed by atoms with Gasteiger partial charge in [0.15, 0.2) is 5.16 Å². The van der Waals surface area contributed by atoms with Crippen LogP contribution in [0.1, 0.15) is 43.5 Å². The smallest absolute Gasteiger partial charge is 0.241 e. The largest absolute Gasteiger partial charge is 0.495 e. The van der Waals surface area contributed by atoms with Crippen LogP contribution in [-0.2, 0) is 21.2 Å². The Morgan fingerprint density at radius 3 is 2.46 bits per heavy atom. The van der Waals surface area contributed by atoms with Crippen molar-refractivity contribution >= 4 is 45.0 Å². The Labute approximate surface area is 283 Å². The summed E-state index contributed by atoms with van der Waals surface area (Å²) in [7, 11) is 1.68. The van der Waals surface area contributed by atoms with E-state index in [-0.39, 0.29) is 33.1 Å². The molecule has 246 valence electrons. The summed E-state index contributed by atoms with van der Waals surface area (Å²) in [4.78, 5) is 4.46. The van der Waals surface area contributed by atoms with Crippen LogP contribution in [0.15, 0.2) is 70.8 Å². The SMILES string of the molecule is COc1cc(C(C)(C)c2cnc(SCc3c(F)cc(S(=O)(=O)N[C@H]4CCC[N+](C)(C)C4)cc3Cl)n2-c2ccc(F)cc2)ccc1Cl. The third kappa shape index (κ3) is 7.40. The fourth-order valence-electron chi connectivity index (χ4n) is 5.85. The second-order valence-corrected chi connectivity index (χ2v) is 16.1. The maximum absolute atomic E-state index is 15.5. The highest BCUT2D eigenvalue weighted by Crippen LogP contribution is 2.40. The monoisotopic (exact) mass is 709 g/mol. The van der Waals surface area contributed by atoms with Gasteiger partial charge in [-0.2, -0.15) is 0 Å². The van der Waals surface area contributed by atoms with Crippen molar-refractivity contribution in [2.75, 3.05) is 34.3 Å². The molecule has 1 aromatic heterocycles. The van der Waals surface area contributed by atoms with Crippen LogP contribution >= 0.6 is 35.0 Å². The van der Waals surface area contributed by atoms with Crippen molar-refractivity contribution in [1.82, 2.24) is 14.3 Å². The van der Waals surface area contributed by atoms with Crippen molar-refractivity contribution in [3.63, 3.8) is 0 Å². The van der Waals surface area contributed by atoms with Crippen molar-refractivity contribution in [2.45, 2.75) is 54.0 Å². The molecule has 13 heteroatoms. The number of likely N-dealkylation sites (N-methyl/N-ethyl adjacent to an activating group) is 1. The van der Waals surface area contributed by atoms with Gasteiger partial charge in [0.2, 0.25) is 10.0 Å². The van der Waals surface area contributed by atoms with Crippen LogP contribution in [0.3, 0.4) is 0 Å². The number of hydrogen-bond donors (Lipinski definition) is 1. The Bertz CT molecular complexity index is 1830. The number of methoxy groups -OCH3 is 1. The highest BCUT2D eigenvalue weighted by atomic mass is 35.5. The van der Waals surface area contributed by atoms with Gasteiger partial charge in [-0.05, 0) is 66.9 Å². The zero-order valence-electron chi connectivity index (χ0n) is 26.3. The number of hydrogen-bond acceptors (Lipinski definition) is 5. The van der Waals surface area contributed by atoms with Gasteiger partial charge in [0.05, 0.1) is 62.1 Å². The first-order chi connectivity index (χ1) is 21.6. The van der Waals surface area contributed by atoms with Crippen molar-refractivity contribution < 1.29 is 26.4 Å². The molecule has 0 radical (unpaired) electrons. The Hall–Kier alpha value is -2.67. The predicted molar refractivity (Wildman–Crippen MR) is 180 cm³/mol. The number of likely N-dealkylation sites (tertiary alicyclic amines) is 1. The molecule has 1 atom stereocenters. The first-order valence-electron chi connectivity index (χ1n) is 14.7. The second-order valence-electron chi connectivity index (χ2n) is 12.7. The van der Waals surface area contributed by atoms with E-state index in [1.807, 2.05) is 30.5 Å². The van der Waals surface area contributed by atoms with Gasteiger partial charge >= 0.3 is 0 Å². The molecule has 1 saturated heterocycles. The van der Waals surface area contributed by atoms with Crippen LogP contribution in [0.25, 0.3) is 5.69 Å². The minimum absolute atomic E-state index is 0.00123. The van der Waals surface area contributed by atoms with Crippen LogP contribution in [-0.4, -0.2) is 62.8 Å². The van der Waals surface area contributed by atoms with Gasteiger partial charge in [0, 0.05) is 27.4 Å². The highest BCUT2D eigenvalue weighted by Gasteiger charge is 2.33. The molecule has 0 unspecified atom stereocenters. The number of ether oxygens (including phenoxy) is 1. The molecule has 1 aliphatic rings. The van der Waals surface area contributed by atoms with Crippen molar-refractivity contribution in [3.8, 4) is 11.4 Å². The van der Waals surface area contributed by atoms with Crippen LogP contribution in [0.5, 0.6) is 5.75 Å². The molecular weight excluding hydrogens is 673 g/mol. The van der Waals surface area contributed by atoms with E-state index in [0.717, 1.165) is 36.7 Å². The quantitative estimate of drug-likeness (QED) is 0.136. The molecule has 1 fully saturated rings. The number of nitrogens with one attached hydrogen (secondary N) is 1. The number of halogens is 4. The van der Waals surface area contributed by atoms with E-state index in [1.165, 1.54) is 30.0 Å². The van der Waals surface area contributed by atoms with Crippen LogP contribution < -0.4 is 9.46 Å². The molecule has 46 heavy (non-hydrogen) atoms. The number of thioether (sulfide) groups is 1. The lowest BCUT2D eigenvalue weighted by Crippen LogP contribution is -2.54. The van der Waals surface area contributed by atoms with E-state index in [9.17, 15) is 12.8 Å². The lowest BCUT2D eigenvalue weighted by atomic mass is 9.81. The summed E-state index contributed by atoms with van der Waals surface area (Å²) in [6, 6.07) is 13.6. The molecule has 7 nitrogen and oxygen atoms in total. The third-order valence-corrected chi connectivity index (χ3v) is 11.6. The van der Waals surface area contributed by atoms with Gasteiger partial charge in [-0.25, -0.2) is 26.9 Å². The number of rotatable bonds is 10. The van der Waals surface area contributed by atoms with Gasteiger partial charge in [-0.15, -0.1) is 0 Å². The molecule has 0 amide bonds. The Kier molecular flexibility index (Phi) is 10.1. The first-order valence-corrected chi connectivity index (χ1v) is 18.0. The third-order valence-electron chi connectivity index (χ3n) is 8.45. The van der Waals surface area contributed by atoms with Gasteiger partial charge in [0.1, 0.15) is 17.4 Å². The van der Waals surface area contributed by atoms with E-state index < -0.39 is 21.3 Å². The Balaban J connectivity index is 1.45. The topological polar surface area (TPSA) is 73.2 Å². The standard InChI is InChI=1S/C33H37Cl2F2N4O3S2/c1-33(2,21-8-13-27(34)30(15-21)44-5)31-18-38-32(40(31)24-11-9-22(36)10-12-24)45-20-26-28(35)16-25(17-29(26)37)46(42,43)39-23-7-6-14-41(3,4)19-23/h8-13,15-18,23,39H,6-7,14,19-20H2,1-5H3/q+1/t23-/m0/s1. The van der Waals surface area contributed by atoms with E-state index in [0.29, 0.717) is 32.6 Å². The van der Waals surface area contributed by atoms with Crippen molar-refractivity contribution in [2.24, 2.45) is 0 Å². The molecule has 1 aliphatic heterocycles. The number of quaternary nitrogens is 1. The second kappa shape index (κ2) is 13.4. The molecule has 0 bridgehead atoms. The number of piperidine rings is 1. The Morgan fingerprint density at radius 1 is 1.09 bits per heavy atom. The molecule has 0 spiro atoms. The number of aromatic nitrogens is 2. The molecule has 2 heterocycles. The minimum Gasteiger partial charge on any atom is -0.495 e. The van der Waals surface area contributed by atoms with Gasteiger partial charge < -0.3 is 9.22 Å². The summed E-state index contributed by atoms with van der Waals surface area (Å²) in [5.41, 5.74) is 1.89. The summed E-state index contributed by atoms with van der Waals surface area (Å²) >= 11 is 14.1. The van der Waals surface area contributed by atoms with E-state index in [1.54, 1.807) is 31.5 Å². The number of imidazole rings is 1. The van der Waals surface area contributed by atoms with E-state index >= 15 is 4.39 Å². The van der Waals surface area contributed by atoms with Crippen LogP contribution in [0.4, 0.5) is 8.78 Å². The Morgan fingerprint density at radius 2 is 1.80 bits per heavy atom. The molecule has 4 aromatic rings. The van der Waals surface area contributed by atoms with Gasteiger partial charge in [-0.1, -0.05) is 54.9 Å². The average Bonchev–Trinajstić information content (AvgIpc) is 3.41. The molecular formula is C33H37Cl2F2N4O3S2+. The number of benzene rings is 3. The molecule has 0 aliphatic carbocycles. The summed E-state index contributed by atoms with van der Waals surface area (Å²) in [5.74, 6) is -0.512. The molecule has 1 N–H and O–H groups in total. The number of sulfonamides is 1. The summed E-state index contributed by atoms with van der Waals surface area (Å²) in [5, 5.41) is 1.000.